The molecular weight excluding hydrogens is 632 g/mol. The van der Waals surface area contributed by atoms with Gasteiger partial charge in [-0.3, -0.25) is 8.98 Å². The van der Waals surface area contributed by atoms with E-state index in [0.717, 1.165) is 37.5 Å². The Morgan fingerprint density at radius 1 is 0.936 bits per heavy atom. The van der Waals surface area contributed by atoms with Gasteiger partial charge in [0.25, 0.3) is 10.1 Å². The highest BCUT2D eigenvalue weighted by Crippen LogP contribution is 2.66. The van der Waals surface area contributed by atoms with Gasteiger partial charge in [-0.25, -0.2) is 0 Å². The number of ether oxygens (including phenoxy) is 6. The van der Waals surface area contributed by atoms with Crippen LogP contribution in [0.15, 0.2) is 11.1 Å². The predicted molar refractivity (Wildman–Crippen MR) is 168 cm³/mol. The second-order valence-corrected chi connectivity index (χ2v) is 17.5. The van der Waals surface area contributed by atoms with Gasteiger partial charge in [0, 0.05) is 36.4 Å². The first-order chi connectivity index (χ1) is 21.9. The molecule has 13 heteroatoms. The maximum absolute atomic E-state index is 14.3. The number of allylic oxidation sites excluding steroid dienone is 1. The van der Waals surface area contributed by atoms with Crippen LogP contribution < -0.4 is 0 Å². The molecule has 0 aromatic heterocycles. The first kappa shape index (κ1) is 35.8. The minimum absolute atomic E-state index is 0.0973. The third-order valence-electron chi connectivity index (χ3n) is 12.0. The fraction of sp³-hybridized carbons (Fsp3) is 0.912. The lowest BCUT2D eigenvalue weighted by atomic mass is 9.45. The molecule has 47 heavy (non-hydrogen) atoms. The second kappa shape index (κ2) is 12.3. The summed E-state index contributed by atoms with van der Waals surface area (Å²) in [5.74, 6) is -2.30. The van der Waals surface area contributed by atoms with Gasteiger partial charge < -0.3 is 38.6 Å². The molecule has 2 bridgehead atoms. The number of carbonyl (C=O) groups is 1. The molecule has 2 saturated carbocycles. The van der Waals surface area contributed by atoms with Gasteiger partial charge in [-0.1, -0.05) is 20.8 Å². The van der Waals surface area contributed by atoms with Crippen molar-refractivity contribution in [1.29, 1.82) is 0 Å². The molecule has 3 aliphatic carbocycles. The quantitative estimate of drug-likeness (QED) is 0.377. The molecule has 0 amide bonds. The van der Waals surface area contributed by atoms with Crippen molar-refractivity contribution in [2.24, 2.45) is 16.7 Å². The molecule has 5 fully saturated rings. The Kier molecular flexibility index (Phi) is 9.41. The lowest BCUT2D eigenvalue weighted by molar-refractivity contribution is -0.352. The van der Waals surface area contributed by atoms with Crippen molar-refractivity contribution in [3.05, 3.63) is 11.1 Å². The molecule has 3 aliphatic heterocycles. The summed E-state index contributed by atoms with van der Waals surface area (Å²) >= 11 is 0. The number of fused-ring (bicyclic) bond motifs is 6. The summed E-state index contributed by atoms with van der Waals surface area (Å²) in [4.78, 5) is 14.3. The van der Waals surface area contributed by atoms with Gasteiger partial charge in [0.2, 0.25) is 0 Å². The highest BCUT2D eigenvalue weighted by Gasteiger charge is 2.75. The summed E-state index contributed by atoms with van der Waals surface area (Å²) in [5, 5.41) is 24.1. The molecule has 6 rings (SSSR count). The molecular formula is C34H54O12S. The number of hydrogen-bond donors (Lipinski definition) is 2. The van der Waals surface area contributed by atoms with Crippen LogP contribution in [0.1, 0.15) is 99.3 Å². The molecule has 0 aromatic rings. The van der Waals surface area contributed by atoms with Gasteiger partial charge in [-0.2, -0.15) is 8.42 Å². The van der Waals surface area contributed by atoms with Crippen LogP contribution in [-0.2, 0) is 47.5 Å². The number of ketones is 1. The monoisotopic (exact) mass is 686 g/mol. The molecule has 2 unspecified atom stereocenters. The molecule has 0 radical (unpaired) electrons. The van der Waals surface area contributed by atoms with Gasteiger partial charge >= 0.3 is 0 Å². The minimum atomic E-state index is -4.06. The summed E-state index contributed by atoms with van der Waals surface area (Å²) in [7, 11) is -4.06. The number of aliphatic hydroxyl groups excluding tert-OH is 1. The number of rotatable bonds is 7. The van der Waals surface area contributed by atoms with Crippen molar-refractivity contribution >= 4 is 15.9 Å². The van der Waals surface area contributed by atoms with Crippen molar-refractivity contribution in [2.45, 2.75) is 153 Å². The van der Waals surface area contributed by atoms with Crippen LogP contribution in [0, 0.1) is 16.7 Å². The number of hydrogen-bond acceptors (Lipinski definition) is 12. The molecule has 12 nitrogen and oxygen atoms in total. The van der Waals surface area contributed by atoms with E-state index in [4.69, 9.17) is 32.6 Å². The zero-order chi connectivity index (χ0) is 34.2. The van der Waals surface area contributed by atoms with Crippen LogP contribution >= 0.6 is 0 Å². The van der Waals surface area contributed by atoms with E-state index >= 15 is 0 Å². The Labute approximate surface area is 278 Å². The first-order valence-electron chi connectivity index (χ1n) is 17.3. The average Bonchev–Trinajstić information content (AvgIpc) is 3.32. The Hall–Kier alpha value is -1.00. The van der Waals surface area contributed by atoms with Gasteiger partial charge in [0.05, 0.1) is 25.1 Å². The smallest absolute Gasteiger partial charge is 0.264 e. The number of aliphatic hydroxyl groups is 2. The van der Waals surface area contributed by atoms with Gasteiger partial charge in [0.15, 0.2) is 24.2 Å². The van der Waals surface area contributed by atoms with Crippen LogP contribution in [-0.4, -0.2) is 104 Å². The van der Waals surface area contributed by atoms with Crippen molar-refractivity contribution in [1.82, 2.24) is 0 Å². The van der Waals surface area contributed by atoms with Crippen molar-refractivity contribution in [3.63, 3.8) is 0 Å². The summed E-state index contributed by atoms with van der Waals surface area (Å²) in [5.41, 5.74) is -4.29. The third kappa shape index (κ3) is 5.98. The molecule has 2 N–H and O–H groups in total. The minimum Gasteiger partial charge on any atom is -0.393 e. The predicted octanol–water partition coefficient (Wildman–Crippen LogP) is 3.51. The van der Waals surface area contributed by atoms with Crippen molar-refractivity contribution in [3.8, 4) is 0 Å². The van der Waals surface area contributed by atoms with E-state index in [1.54, 1.807) is 0 Å². The summed E-state index contributed by atoms with van der Waals surface area (Å²) in [6.45, 7) is 11.6. The zero-order valence-corrected chi connectivity index (χ0v) is 29.7. The lowest BCUT2D eigenvalue weighted by Crippen LogP contribution is -2.77. The van der Waals surface area contributed by atoms with Crippen LogP contribution in [0.4, 0.5) is 0 Å². The van der Waals surface area contributed by atoms with Crippen molar-refractivity contribution in [2.75, 3.05) is 26.1 Å². The topological polar surface area (TPSA) is 156 Å². The fourth-order valence-corrected chi connectivity index (χ4v) is 10.4. The molecule has 3 saturated heterocycles. The van der Waals surface area contributed by atoms with E-state index in [2.05, 4.69) is 0 Å². The Balaban J connectivity index is 1.65. The second-order valence-electron chi connectivity index (χ2n) is 15.9. The molecule has 3 heterocycles. The van der Waals surface area contributed by atoms with E-state index in [0.29, 0.717) is 38.0 Å². The number of Topliss-reactive ketones (excluding diaryl/α,β-unsaturated/α-hetero) is 1. The average molecular weight is 687 g/mol. The Morgan fingerprint density at radius 2 is 1.57 bits per heavy atom. The highest BCUT2D eigenvalue weighted by molar-refractivity contribution is 7.86. The molecule has 6 aliphatic rings. The number of carbonyl (C=O) groups excluding carboxylic acids is 1. The summed E-state index contributed by atoms with van der Waals surface area (Å²) in [6.07, 6.45) is 0.720. The molecule has 268 valence electrons. The van der Waals surface area contributed by atoms with Crippen LogP contribution in [0.25, 0.3) is 0 Å². The normalized spacial score (nSPS) is 45.1. The van der Waals surface area contributed by atoms with E-state index in [-0.39, 0.29) is 18.6 Å². The summed E-state index contributed by atoms with van der Waals surface area (Å²) in [6, 6.07) is 0. The van der Waals surface area contributed by atoms with Gasteiger partial charge in [-0.05, 0) is 83.3 Å². The Bertz CT molecular complexity index is 1350. The lowest BCUT2D eigenvalue weighted by Gasteiger charge is -2.66. The highest BCUT2D eigenvalue weighted by atomic mass is 32.2. The van der Waals surface area contributed by atoms with Crippen LogP contribution in [0.2, 0.25) is 0 Å². The van der Waals surface area contributed by atoms with Crippen molar-refractivity contribution < 1.29 is 56.0 Å². The fourth-order valence-electron chi connectivity index (χ4n) is 9.74. The standard InChI is InChI=1S/C34H54O12S/c1-20-21(36)18-34(43-24-13-9-11-17-41-24)29(42-23-12-8-10-16-40-23)27-32(6,15-14-22(33(27,37)19-35)46-47(7,38)39)28-26(25(20)30(34,2)3)44-31(4,5)45-28/h22-24,26-29,35,37H,8-19H2,1-7H3/t22-,23?,24?,26+,27-,28-,29-,32+,33-,34+/m0/s1. The van der Waals surface area contributed by atoms with E-state index in [1.165, 1.54) is 0 Å². The maximum Gasteiger partial charge on any atom is 0.264 e. The van der Waals surface area contributed by atoms with Gasteiger partial charge in [0.1, 0.15) is 23.4 Å². The van der Waals surface area contributed by atoms with E-state index in [1.807, 2.05) is 41.5 Å². The molecule has 10 atom stereocenters. The first-order valence-corrected chi connectivity index (χ1v) is 19.1. The van der Waals surface area contributed by atoms with E-state index in [9.17, 15) is 23.4 Å². The zero-order valence-electron chi connectivity index (χ0n) is 28.9. The molecule has 0 aromatic carbocycles. The van der Waals surface area contributed by atoms with Crippen LogP contribution in [0.5, 0.6) is 0 Å². The third-order valence-corrected chi connectivity index (χ3v) is 12.6. The maximum atomic E-state index is 14.3. The van der Waals surface area contributed by atoms with E-state index < -0.39 is 87.5 Å². The largest absolute Gasteiger partial charge is 0.393 e. The molecule has 0 spiro atoms. The summed E-state index contributed by atoms with van der Waals surface area (Å²) < 4.78 is 70.8. The SMILES string of the molecule is CC1=C2[C@H]3OC(C)(C)O[C@@H]3[C@]3(C)CC[C@H](OS(C)(=O)=O)[C@@](O)(CO)[C@H]3[C@H](OC3CCCCO3)[C@](OC3CCCCO3)(CC1=O)C2(C)C. The van der Waals surface area contributed by atoms with Crippen LogP contribution in [0.3, 0.4) is 0 Å². The van der Waals surface area contributed by atoms with Gasteiger partial charge in [-0.15, -0.1) is 0 Å². The Morgan fingerprint density at radius 3 is 2.15 bits per heavy atom.